The molecule has 2 aliphatic heterocycles. The minimum Gasteiger partial charge on any atom is -0.480 e. The summed E-state index contributed by atoms with van der Waals surface area (Å²) in [5, 5.41) is 9.18. The summed E-state index contributed by atoms with van der Waals surface area (Å²) in [5.74, 6) is 0.0478. The summed E-state index contributed by atoms with van der Waals surface area (Å²) in [6.07, 6.45) is 2.81. The first kappa shape index (κ1) is 9.00. The first-order valence-electron chi connectivity index (χ1n) is 5.10. The summed E-state index contributed by atoms with van der Waals surface area (Å²) < 4.78 is 0. The van der Waals surface area contributed by atoms with Crippen LogP contribution >= 0.6 is 0 Å². The van der Waals surface area contributed by atoms with Crippen LogP contribution < -0.4 is 0 Å². The SMILES string of the molecule is CCC(C)N1CC2CC1(C(=O)O)C2. The van der Waals surface area contributed by atoms with Crippen molar-refractivity contribution >= 4 is 5.97 Å². The fourth-order valence-corrected chi connectivity index (χ4v) is 2.83. The molecule has 0 spiro atoms. The van der Waals surface area contributed by atoms with Gasteiger partial charge in [0, 0.05) is 12.6 Å². The zero-order valence-electron chi connectivity index (χ0n) is 8.29. The second-order valence-electron chi connectivity index (χ2n) is 4.52. The van der Waals surface area contributed by atoms with Gasteiger partial charge in [-0.05, 0) is 32.1 Å². The van der Waals surface area contributed by atoms with E-state index < -0.39 is 11.5 Å². The van der Waals surface area contributed by atoms with Crippen molar-refractivity contribution in [3.05, 3.63) is 0 Å². The molecule has 3 nitrogen and oxygen atoms in total. The summed E-state index contributed by atoms with van der Waals surface area (Å²) in [6, 6.07) is 0.420. The predicted octanol–water partition coefficient (Wildman–Crippen LogP) is 1.33. The van der Waals surface area contributed by atoms with Crippen LogP contribution in [0.2, 0.25) is 0 Å². The Labute approximate surface area is 78.7 Å². The van der Waals surface area contributed by atoms with Crippen molar-refractivity contribution in [2.24, 2.45) is 5.92 Å². The van der Waals surface area contributed by atoms with Crippen molar-refractivity contribution in [1.29, 1.82) is 0 Å². The molecule has 0 aromatic rings. The van der Waals surface area contributed by atoms with Gasteiger partial charge in [0.05, 0.1) is 0 Å². The number of hydrogen-bond acceptors (Lipinski definition) is 2. The minimum absolute atomic E-state index is 0.420. The standard InChI is InChI=1S/C10H17NO2/c1-3-7(2)11-6-8-4-10(11,5-8)9(12)13/h7-8H,3-6H2,1-2H3,(H,12,13). The van der Waals surface area contributed by atoms with Crippen LogP contribution in [0.3, 0.4) is 0 Å². The summed E-state index contributed by atoms with van der Waals surface area (Å²) in [5.41, 5.74) is -0.472. The molecule has 2 bridgehead atoms. The van der Waals surface area contributed by atoms with Gasteiger partial charge in [-0.2, -0.15) is 0 Å². The highest BCUT2D eigenvalue weighted by Gasteiger charge is 2.61. The zero-order chi connectivity index (χ0) is 9.64. The maximum absolute atomic E-state index is 11.2. The molecule has 1 saturated carbocycles. The van der Waals surface area contributed by atoms with Gasteiger partial charge in [0.1, 0.15) is 5.54 Å². The molecule has 3 heteroatoms. The lowest BCUT2D eigenvalue weighted by Gasteiger charge is -2.40. The average Bonchev–Trinajstić information content (AvgIpc) is 2.55. The Kier molecular flexibility index (Phi) is 1.88. The Hall–Kier alpha value is -0.570. The van der Waals surface area contributed by atoms with Crippen LogP contribution in [0.25, 0.3) is 0 Å². The summed E-state index contributed by atoms with van der Waals surface area (Å²) in [7, 11) is 0. The normalized spacial score (nSPS) is 40.0. The Morgan fingerprint density at radius 2 is 2.31 bits per heavy atom. The van der Waals surface area contributed by atoms with E-state index in [1.807, 2.05) is 0 Å². The van der Waals surface area contributed by atoms with E-state index in [0.717, 1.165) is 25.8 Å². The highest BCUT2D eigenvalue weighted by Crippen LogP contribution is 2.51. The molecule has 0 aromatic heterocycles. The van der Waals surface area contributed by atoms with Gasteiger partial charge in [0.2, 0.25) is 0 Å². The number of aliphatic carboxylic acids is 1. The topological polar surface area (TPSA) is 40.5 Å². The lowest BCUT2D eigenvalue weighted by molar-refractivity contribution is -0.153. The third kappa shape index (κ3) is 1.03. The van der Waals surface area contributed by atoms with Gasteiger partial charge in [0.25, 0.3) is 0 Å². The Bertz CT molecular complexity index is 233. The van der Waals surface area contributed by atoms with Crippen LogP contribution in [-0.4, -0.2) is 34.1 Å². The maximum atomic E-state index is 11.2. The summed E-state index contributed by atoms with van der Waals surface area (Å²) in [6.45, 7) is 5.25. The summed E-state index contributed by atoms with van der Waals surface area (Å²) in [4.78, 5) is 13.3. The second kappa shape index (κ2) is 2.71. The van der Waals surface area contributed by atoms with Gasteiger partial charge in [-0.1, -0.05) is 6.92 Å². The lowest BCUT2D eigenvalue weighted by atomic mass is 9.73. The van der Waals surface area contributed by atoms with Crippen LogP contribution in [0.15, 0.2) is 0 Å². The van der Waals surface area contributed by atoms with Crippen LogP contribution in [0.4, 0.5) is 0 Å². The Balaban J connectivity index is 2.17. The molecule has 1 unspecified atom stereocenters. The third-order valence-electron chi connectivity index (χ3n) is 3.78. The number of carbonyl (C=O) groups is 1. The average molecular weight is 183 g/mol. The molecule has 3 rings (SSSR count). The van der Waals surface area contributed by atoms with E-state index in [1.165, 1.54) is 0 Å². The van der Waals surface area contributed by atoms with Crippen molar-refractivity contribution in [2.45, 2.75) is 44.7 Å². The number of carboxylic acids is 1. The monoisotopic (exact) mass is 183 g/mol. The number of hydrogen-bond donors (Lipinski definition) is 1. The molecule has 13 heavy (non-hydrogen) atoms. The molecule has 1 aliphatic carbocycles. The van der Waals surface area contributed by atoms with Gasteiger partial charge in [0.15, 0.2) is 0 Å². The van der Waals surface area contributed by atoms with E-state index in [4.69, 9.17) is 0 Å². The van der Waals surface area contributed by atoms with Crippen molar-refractivity contribution < 1.29 is 9.90 Å². The van der Waals surface area contributed by atoms with Crippen LogP contribution in [0.1, 0.15) is 33.1 Å². The highest BCUT2D eigenvalue weighted by atomic mass is 16.4. The molecule has 0 aromatic carbocycles. The molecule has 1 N–H and O–H groups in total. The van der Waals surface area contributed by atoms with E-state index in [0.29, 0.717) is 12.0 Å². The molecule has 0 radical (unpaired) electrons. The molecule has 2 heterocycles. The first-order valence-corrected chi connectivity index (χ1v) is 5.10. The lowest BCUT2D eigenvalue weighted by Crippen LogP contribution is -2.55. The van der Waals surface area contributed by atoms with Crippen LogP contribution in [-0.2, 0) is 4.79 Å². The predicted molar refractivity (Wildman–Crippen MR) is 49.5 cm³/mol. The molecule has 74 valence electrons. The van der Waals surface area contributed by atoms with E-state index >= 15 is 0 Å². The highest BCUT2D eigenvalue weighted by molar-refractivity contribution is 5.81. The molecular weight excluding hydrogens is 166 g/mol. The smallest absolute Gasteiger partial charge is 0.324 e. The fourth-order valence-electron chi connectivity index (χ4n) is 2.83. The van der Waals surface area contributed by atoms with Gasteiger partial charge < -0.3 is 5.11 Å². The van der Waals surface area contributed by atoms with E-state index in [1.54, 1.807) is 0 Å². The zero-order valence-corrected chi connectivity index (χ0v) is 8.29. The van der Waals surface area contributed by atoms with Crippen LogP contribution in [0, 0.1) is 5.92 Å². The van der Waals surface area contributed by atoms with Crippen molar-refractivity contribution in [3.63, 3.8) is 0 Å². The quantitative estimate of drug-likeness (QED) is 0.717. The van der Waals surface area contributed by atoms with E-state index in [2.05, 4.69) is 18.7 Å². The second-order valence-corrected chi connectivity index (χ2v) is 4.52. The first-order chi connectivity index (χ1) is 6.10. The number of nitrogens with zero attached hydrogens (tertiary/aromatic N) is 1. The van der Waals surface area contributed by atoms with Gasteiger partial charge >= 0.3 is 5.97 Å². The maximum Gasteiger partial charge on any atom is 0.324 e. The Morgan fingerprint density at radius 3 is 2.77 bits per heavy atom. The minimum atomic E-state index is -0.610. The number of fused-ring (bicyclic) bond motifs is 1. The molecular formula is C10H17NO2. The van der Waals surface area contributed by atoms with Gasteiger partial charge in [-0.15, -0.1) is 0 Å². The Morgan fingerprint density at radius 1 is 1.69 bits per heavy atom. The van der Waals surface area contributed by atoms with Crippen molar-refractivity contribution in [2.75, 3.05) is 6.54 Å². The largest absolute Gasteiger partial charge is 0.480 e. The van der Waals surface area contributed by atoms with Crippen molar-refractivity contribution in [1.82, 2.24) is 4.90 Å². The molecule has 2 saturated heterocycles. The molecule has 3 fully saturated rings. The fraction of sp³-hybridized carbons (Fsp3) is 0.900. The third-order valence-corrected chi connectivity index (χ3v) is 3.78. The van der Waals surface area contributed by atoms with Gasteiger partial charge in [-0.25, -0.2) is 0 Å². The molecule has 3 aliphatic rings. The summed E-state index contributed by atoms with van der Waals surface area (Å²) >= 11 is 0. The van der Waals surface area contributed by atoms with Gasteiger partial charge in [-0.3, -0.25) is 9.69 Å². The van der Waals surface area contributed by atoms with Crippen molar-refractivity contribution in [3.8, 4) is 0 Å². The van der Waals surface area contributed by atoms with E-state index in [9.17, 15) is 9.90 Å². The molecule has 0 amide bonds. The number of rotatable bonds is 3. The van der Waals surface area contributed by atoms with Crippen LogP contribution in [0.5, 0.6) is 0 Å². The number of carboxylic acid groups (broad SMARTS) is 1. The van der Waals surface area contributed by atoms with E-state index in [-0.39, 0.29) is 0 Å². The molecule has 1 atom stereocenters.